The van der Waals surface area contributed by atoms with Crippen LogP contribution in [0.2, 0.25) is 5.02 Å². The van der Waals surface area contributed by atoms with Crippen LogP contribution in [0.15, 0.2) is 35.9 Å². The number of nitrogens with one attached hydrogen (secondary N) is 4. The molecule has 204 valence electrons. The number of amides is 6. The first kappa shape index (κ1) is 30.4. The fourth-order valence-corrected chi connectivity index (χ4v) is 3.95. The van der Waals surface area contributed by atoms with Crippen molar-refractivity contribution in [3.05, 3.63) is 40.9 Å². The Labute approximate surface area is 229 Å². The van der Waals surface area contributed by atoms with E-state index in [0.29, 0.717) is 10.7 Å². The van der Waals surface area contributed by atoms with E-state index < -0.39 is 60.2 Å². The lowest BCUT2D eigenvalue weighted by Gasteiger charge is -2.30. The van der Waals surface area contributed by atoms with Crippen molar-refractivity contribution in [2.24, 2.45) is 5.92 Å². The second kappa shape index (κ2) is 13.1. The highest BCUT2D eigenvalue weighted by atomic mass is 35.5. The standard InChI is InChI=1S/C24H28ClN5O7S/c1-11(2)19(27-13(4)31)22(36)26-12(3)20(34)28-15(10-18(32)33)9-17-21(35)29-24(37)30(23(17)38)16-7-5-14(25)6-8-16/h5-9,11-12,15,19H,10H2,1-4H3,(H,26,36)(H,27,31)(H,28,34)(H,32,33)(H,29,35,37)/b17-9+. The molecule has 1 saturated heterocycles. The lowest BCUT2D eigenvalue weighted by atomic mass is 10.0. The first-order valence-corrected chi connectivity index (χ1v) is 12.3. The van der Waals surface area contributed by atoms with Gasteiger partial charge in [-0.2, -0.15) is 0 Å². The van der Waals surface area contributed by atoms with Crippen molar-refractivity contribution < 1.29 is 33.9 Å². The van der Waals surface area contributed by atoms with E-state index in [0.717, 1.165) is 11.0 Å². The van der Waals surface area contributed by atoms with Gasteiger partial charge in [-0.1, -0.05) is 37.7 Å². The van der Waals surface area contributed by atoms with Gasteiger partial charge in [-0.15, -0.1) is 0 Å². The van der Waals surface area contributed by atoms with E-state index in [-0.39, 0.29) is 16.5 Å². The maximum absolute atomic E-state index is 12.8. The van der Waals surface area contributed by atoms with E-state index in [1.807, 2.05) is 0 Å². The number of benzene rings is 1. The Morgan fingerprint density at radius 2 is 1.66 bits per heavy atom. The third-order valence-electron chi connectivity index (χ3n) is 5.34. The molecule has 0 radical (unpaired) electrons. The normalized spacial score (nSPS) is 16.9. The number of carbonyl (C=O) groups excluding carboxylic acids is 5. The molecule has 12 nitrogen and oxygen atoms in total. The van der Waals surface area contributed by atoms with Gasteiger partial charge in [0.05, 0.1) is 23.7 Å². The number of urea groups is 1. The van der Waals surface area contributed by atoms with Crippen LogP contribution in [0.5, 0.6) is 0 Å². The van der Waals surface area contributed by atoms with Crippen LogP contribution in [0.4, 0.5) is 10.5 Å². The number of rotatable bonds is 10. The highest BCUT2D eigenvalue weighted by Gasteiger charge is 2.35. The second-order valence-electron chi connectivity index (χ2n) is 8.82. The molecular formula is C24H28ClN5O7S. The Kier molecular flexibility index (Phi) is 10.5. The quantitative estimate of drug-likeness (QED) is 0.208. The number of thiocarbonyl (C=S) groups is 1. The summed E-state index contributed by atoms with van der Waals surface area (Å²) >= 11 is 11.2. The number of halogens is 1. The van der Waals surface area contributed by atoms with Gasteiger partial charge in [0.1, 0.15) is 17.1 Å². The summed E-state index contributed by atoms with van der Waals surface area (Å²) in [6.07, 6.45) is 0.517. The third-order valence-corrected chi connectivity index (χ3v) is 5.99. The van der Waals surface area contributed by atoms with Gasteiger partial charge >= 0.3 is 12.0 Å². The van der Waals surface area contributed by atoms with E-state index >= 15 is 0 Å². The van der Waals surface area contributed by atoms with Gasteiger partial charge in [-0.05, 0) is 43.2 Å². The van der Waals surface area contributed by atoms with Crippen LogP contribution in [0, 0.1) is 5.92 Å². The van der Waals surface area contributed by atoms with Crippen LogP contribution in [0.25, 0.3) is 0 Å². The molecule has 3 unspecified atom stereocenters. The Morgan fingerprint density at radius 3 is 2.18 bits per heavy atom. The minimum absolute atomic E-state index is 0.205. The second-order valence-corrected chi connectivity index (χ2v) is 9.65. The topological polar surface area (TPSA) is 174 Å². The number of anilines is 1. The zero-order chi connectivity index (χ0) is 28.7. The third kappa shape index (κ3) is 8.08. The van der Waals surface area contributed by atoms with Gasteiger partial charge in [0.25, 0.3) is 5.91 Å². The van der Waals surface area contributed by atoms with Gasteiger partial charge < -0.3 is 21.1 Å². The van der Waals surface area contributed by atoms with Crippen molar-refractivity contribution in [3.8, 4) is 0 Å². The molecule has 1 aliphatic heterocycles. The zero-order valence-corrected chi connectivity index (χ0v) is 22.6. The maximum Gasteiger partial charge on any atom is 0.334 e. The number of nitrogens with zero attached hydrogens (tertiary/aromatic N) is 1. The van der Waals surface area contributed by atoms with Crippen molar-refractivity contribution in [1.82, 2.24) is 21.3 Å². The maximum atomic E-state index is 12.8. The Bertz CT molecular complexity index is 1190. The van der Waals surface area contributed by atoms with Crippen LogP contribution >= 0.6 is 23.8 Å². The summed E-state index contributed by atoms with van der Waals surface area (Å²) in [7, 11) is 0. The lowest BCUT2D eigenvalue weighted by molar-refractivity contribution is -0.137. The monoisotopic (exact) mass is 565 g/mol. The number of imide groups is 1. The summed E-state index contributed by atoms with van der Waals surface area (Å²) in [6, 6.07) is 2.01. The summed E-state index contributed by atoms with van der Waals surface area (Å²) in [5.74, 6) is -4.20. The van der Waals surface area contributed by atoms with Crippen molar-refractivity contribution in [1.29, 1.82) is 0 Å². The fraction of sp³-hybridized carbons (Fsp3) is 0.375. The average Bonchev–Trinajstić information content (AvgIpc) is 2.80. The number of carboxylic acids is 1. The van der Waals surface area contributed by atoms with Crippen molar-refractivity contribution in [2.45, 2.75) is 52.2 Å². The molecule has 0 aromatic heterocycles. The van der Waals surface area contributed by atoms with Crippen LogP contribution in [0.1, 0.15) is 34.1 Å². The fourth-order valence-electron chi connectivity index (χ4n) is 3.47. The van der Waals surface area contributed by atoms with Gasteiger partial charge in [-0.25, -0.2) is 4.79 Å². The molecule has 5 N–H and O–H groups in total. The van der Waals surface area contributed by atoms with E-state index in [2.05, 4.69) is 21.3 Å². The predicted molar refractivity (Wildman–Crippen MR) is 142 cm³/mol. The Morgan fingerprint density at radius 1 is 1.05 bits per heavy atom. The molecule has 1 fully saturated rings. The van der Waals surface area contributed by atoms with Crippen molar-refractivity contribution >= 4 is 70.1 Å². The molecule has 0 spiro atoms. The molecule has 3 atom stereocenters. The smallest absolute Gasteiger partial charge is 0.334 e. The van der Waals surface area contributed by atoms with Crippen LogP contribution in [-0.4, -0.2) is 63.8 Å². The number of hydrogen-bond acceptors (Lipinski definition) is 7. The molecule has 1 aliphatic rings. The van der Waals surface area contributed by atoms with E-state index in [1.54, 1.807) is 13.8 Å². The SMILES string of the molecule is CC(=O)NC(C(=O)NC(C)C(=O)NC(/C=C1\C(=O)NC(=O)N(c2ccc(Cl)cc2)C1=S)CC(=O)O)C(C)C. The molecule has 1 aromatic carbocycles. The summed E-state index contributed by atoms with van der Waals surface area (Å²) in [4.78, 5) is 74.2. The molecule has 0 bridgehead atoms. The highest BCUT2D eigenvalue weighted by molar-refractivity contribution is 7.81. The highest BCUT2D eigenvalue weighted by Crippen LogP contribution is 2.24. The van der Waals surface area contributed by atoms with Gasteiger partial charge in [0, 0.05) is 11.9 Å². The van der Waals surface area contributed by atoms with Crippen LogP contribution < -0.4 is 26.2 Å². The summed E-state index contributed by atoms with van der Waals surface area (Å²) in [5, 5.41) is 19.4. The molecule has 1 heterocycles. The van der Waals surface area contributed by atoms with Crippen LogP contribution in [0.3, 0.4) is 0 Å². The molecule has 38 heavy (non-hydrogen) atoms. The van der Waals surface area contributed by atoms with Gasteiger partial charge in [0.2, 0.25) is 17.7 Å². The number of hydrogen-bond donors (Lipinski definition) is 5. The number of carboxylic acid groups (broad SMARTS) is 1. The molecule has 0 aliphatic carbocycles. The molecule has 0 saturated carbocycles. The number of carbonyl (C=O) groups is 6. The average molecular weight is 566 g/mol. The predicted octanol–water partition coefficient (Wildman–Crippen LogP) is 1.27. The van der Waals surface area contributed by atoms with E-state index in [4.69, 9.17) is 23.8 Å². The first-order valence-electron chi connectivity index (χ1n) is 11.5. The van der Waals surface area contributed by atoms with Crippen molar-refractivity contribution in [3.63, 3.8) is 0 Å². The van der Waals surface area contributed by atoms with Gasteiger partial charge in [0.15, 0.2) is 0 Å². The summed E-state index contributed by atoms with van der Waals surface area (Å²) in [6.45, 7) is 6.07. The lowest BCUT2D eigenvalue weighted by Crippen LogP contribution is -2.56. The van der Waals surface area contributed by atoms with Crippen molar-refractivity contribution in [2.75, 3.05) is 4.90 Å². The van der Waals surface area contributed by atoms with E-state index in [1.165, 1.54) is 38.1 Å². The minimum Gasteiger partial charge on any atom is -0.481 e. The zero-order valence-electron chi connectivity index (χ0n) is 21.0. The first-order chi connectivity index (χ1) is 17.7. The van der Waals surface area contributed by atoms with E-state index in [9.17, 15) is 33.9 Å². The summed E-state index contributed by atoms with van der Waals surface area (Å²) in [5.41, 5.74) is 0.104. The number of aliphatic carboxylic acids is 1. The molecular weight excluding hydrogens is 538 g/mol. The Balaban J connectivity index is 2.26. The molecule has 14 heteroatoms. The minimum atomic E-state index is -1.29. The summed E-state index contributed by atoms with van der Waals surface area (Å²) < 4.78 is 0. The molecule has 2 rings (SSSR count). The molecule has 6 amide bonds. The largest absolute Gasteiger partial charge is 0.481 e. The van der Waals surface area contributed by atoms with Gasteiger partial charge in [-0.3, -0.25) is 34.2 Å². The molecule has 1 aromatic rings. The van der Waals surface area contributed by atoms with Crippen LogP contribution in [-0.2, 0) is 24.0 Å². The Hall–Kier alpha value is -3.84.